The van der Waals surface area contributed by atoms with Gasteiger partial charge in [-0.1, -0.05) is 31.5 Å². The zero-order valence-corrected chi connectivity index (χ0v) is 15.7. The smallest absolute Gasteiger partial charge is 0.267 e. The summed E-state index contributed by atoms with van der Waals surface area (Å²) in [4.78, 5) is 26.9. The van der Waals surface area contributed by atoms with Crippen molar-refractivity contribution >= 4 is 29.5 Å². The Labute approximate surface area is 157 Å². The normalized spacial score (nSPS) is 11.3. The highest BCUT2D eigenvalue weighted by atomic mass is 35.5. The maximum absolute atomic E-state index is 12.0. The number of aromatic nitrogens is 3. The summed E-state index contributed by atoms with van der Waals surface area (Å²) >= 11 is 6.34. The lowest BCUT2D eigenvalue weighted by atomic mass is 10.2. The molecule has 0 radical (unpaired) electrons. The van der Waals surface area contributed by atoms with Crippen molar-refractivity contribution < 1.29 is 9.59 Å². The number of halogens is 1. The van der Waals surface area contributed by atoms with E-state index in [1.165, 1.54) is 18.3 Å². The summed E-state index contributed by atoms with van der Waals surface area (Å²) in [5.41, 5.74) is 7.58. The van der Waals surface area contributed by atoms with Crippen molar-refractivity contribution in [1.82, 2.24) is 20.1 Å². The Morgan fingerprint density at radius 2 is 2.12 bits per heavy atom. The van der Waals surface area contributed by atoms with Gasteiger partial charge >= 0.3 is 0 Å². The van der Waals surface area contributed by atoms with Crippen LogP contribution in [0.15, 0.2) is 24.4 Å². The monoisotopic (exact) mass is 375 g/mol. The fourth-order valence-corrected chi connectivity index (χ4v) is 2.61. The van der Waals surface area contributed by atoms with Crippen molar-refractivity contribution in [1.29, 1.82) is 0 Å². The van der Waals surface area contributed by atoms with E-state index < -0.39 is 5.91 Å². The largest absolute Gasteiger partial charge is 0.364 e. The molecule has 0 saturated carbocycles. The Hall–Kier alpha value is -2.67. The average Bonchev–Trinajstić information content (AvgIpc) is 2.84. The lowest BCUT2D eigenvalue weighted by molar-refractivity contribution is -0.116. The number of amides is 2. The van der Waals surface area contributed by atoms with E-state index in [1.54, 1.807) is 16.8 Å². The minimum Gasteiger partial charge on any atom is -0.364 e. The molecule has 2 aromatic heterocycles. The van der Waals surface area contributed by atoms with Gasteiger partial charge in [-0.05, 0) is 30.5 Å². The average molecular weight is 376 g/mol. The van der Waals surface area contributed by atoms with Gasteiger partial charge in [0, 0.05) is 30.9 Å². The van der Waals surface area contributed by atoms with Gasteiger partial charge in [-0.3, -0.25) is 19.3 Å². The van der Waals surface area contributed by atoms with Gasteiger partial charge in [0.05, 0.1) is 5.69 Å². The third kappa shape index (κ3) is 5.16. The second kappa shape index (κ2) is 8.62. The van der Waals surface area contributed by atoms with Gasteiger partial charge in [0.2, 0.25) is 5.91 Å². The van der Waals surface area contributed by atoms with Crippen molar-refractivity contribution in [2.24, 2.45) is 11.7 Å². The fourth-order valence-electron chi connectivity index (χ4n) is 2.31. The molecule has 0 aliphatic heterocycles. The summed E-state index contributed by atoms with van der Waals surface area (Å²) < 4.78 is 1.74. The predicted molar refractivity (Wildman–Crippen MR) is 100 cm³/mol. The first kappa shape index (κ1) is 19.7. The van der Waals surface area contributed by atoms with E-state index in [9.17, 15) is 9.59 Å². The minimum atomic E-state index is -0.589. The summed E-state index contributed by atoms with van der Waals surface area (Å²) in [6.07, 6.45) is 4.58. The Morgan fingerprint density at radius 1 is 1.38 bits per heavy atom. The van der Waals surface area contributed by atoms with Gasteiger partial charge in [0.1, 0.15) is 10.8 Å². The molecule has 26 heavy (non-hydrogen) atoms. The number of hydrogen-bond donors (Lipinski definition) is 2. The SMILES string of the molecule is Cc1nn(CC(C)C)c(Cl)c1C=CC(=O)NCc1ccc(C(N)=O)nc1. The molecule has 8 heteroatoms. The van der Waals surface area contributed by atoms with Crippen molar-refractivity contribution in [2.75, 3.05) is 0 Å². The number of nitrogens with two attached hydrogens (primary N) is 1. The van der Waals surface area contributed by atoms with E-state index >= 15 is 0 Å². The number of nitrogens with zero attached hydrogens (tertiary/aromatic N) is 3. The molecule has 0 aliphatic rings. The summed E-state index contributed by atoms with van der Waals surface area (Å²) in [6, 6.07) is 3.21. The van der Waals surface area contributed by atoms with E-state index in [4.69, 9.17) is 17.3 Å². The van der Waals surface area contributed by atoms with Crippen LogP contribution in [0.4, 0.5) is 0 Å². The molecule has 0 atom stereocenters. The van der Waals surface area contributed by atoms with Crippen LogP contribution in [0.5, 0.6) is 0 Å². The summed E-state index contributed by atoms with van der Waals surface area (Å²) in [5, 5.41) is 7.66. The van der Waals surface area contributed by atoms with Crippen molar-refractivity contribution in [3.63, 3.8) is 0 Å². The first-order chi connectivity index (χ1) is 12.3. The molecule has 0 unspecified atom stereocenters. The first-order valence-corrected chi connectivity index (χ1v) is 8.59. The number of rotatable bonds is 7. The standard InChI is InChI=1S/C18H22ClN5O2/c1-11(2)10-24-17(19)14(12(3)23-24)5-7-16(25)22-9-13-4-6-15(18(20)26)21-8-13/h4-8,11H,9-10H2,1-3H3,(H2,20,26)(H,22,25). The summed E-state index contributed by atoms with van der Waals surface area (Å²) in [5.74, 6) is -0.439. The van der Waals surface area contributed by atoms with Gasteiger partial charge in [-0.15, -0.1) is 0 Å². The van der Waals surface area contributed by atoms with E-state index in [2.05, 4.69) is 29.2 Å². The Balaban J connectivity index is 1.97. The summed E-state index contributed by atoms with van der Waals surface area (Å²) in [7, 11) is 0. The zero-order valence-electron chi connectivity index (χ0n) is 15.0. The molecule has 138 valence electrons. The Morgan fingerprint density at radius 3 is 2.69 bits per heavy atom. The van der Waals surface area contributed by atoms with E-state index in [-0.39, 0.29) is 18.1 Å². The number of aryl methyl sites for hydroxylation is 1. The topological polar surface area (TPSA) is 103 Å². The molecule has 3 N–H and O–H groups in total. The lowest BCUT2D eigenvalue weighted by Crippen LogP contribution is -2.20. The van der Waals surface area contributed by atoms with Gasteiger partial charge in [-0.25, -0.2) is 0 Å². The molecule has 0 bridgehead atoms. The molecule has 2 aromatic rings. The first-order valence-electron chi connectivity index (χ1n) is 8.21. The highest BCUT2D eigenvalue weighted by Gasteiger charge is 2.12. The molecule has 0 saturated heterocycles. The van der Waals surface area contributed by atoms with Crippen LogP contribution in [0, 0.1) is 12.8 Å². The molecule has 2 rings (SSSR count). The van der Waals surface area contributed by atoms with Gasteiger partial charge in [0.25, 0.3) is 5.91 Å². The molecule has 2 heterocycles. The van der Waals surface area contributed by atoms with Crippen LogP contribution in [0.25, 0.3) is 6.08 Å². The van der Waals surface area contributed by atoms with Crippen LogP contribution in [-0.4, -0.2) is 26.6 Å². The molecular formula is C18H22ClN5O2. The van der Waals surface area contributed by atoms with Gasteiger partial charge in [0.15, 0.2) is 0 Å². The molecular weight excluding hydrogens is 354 g/mol. The molecule has 2 amide bonds. The maximum Gasteiger partial charge on any atom is 0.267 e. The molecule has 0 aromatic carbocycles. The van der Waals surface area contributed by atoms with Crippen LogP contribution in [-0.2, 0) is 17.9 Å². The lowest BCUT2D eigenvalue weighted by Gasteiger charge is -2.05. The number of carbonyl (C=O) groups is 2. The summed E-state index contributed by atoms with van der Waals surface area (Å²) in [6.45, 7) is 7.02. The number of carbonyl (C=O) groups excluding carboxylic acids is 2. The zero-order chi connectivity index (χ0) is 19.3. The Bertz CT molecular complexity index is 825. The Kier molecular flexibility index (Phi) is 6.52. The van der Waals surface area contributed by atoms with Crippen molar-refractivity contribution in [3.8, 4) is 0 Å². The van der Waals surface area contributed by atoms with E-state index in [0.717, 1.165) is 16.8 Å². The molecule has 0 aliphatic carbocycles. The molecule has 0 fully saturated rings. The number of hydrogen-bond acceptors (Lipinski definition) is 4. The maximum atomic E-state index is 12.0. The number of nitrogens with one attached hydrogen (secondary N) is 1. The second-order valence-corrected chi connectivity index (χ2v) is 6.69. The molecule has 0 spiro atoms. The number of primary amides is 1. The minimum absolute atomic E-state index is 0.184. The van der Waals surface area contributed by atoms with Crippen LogP contribution >= 0.6 is 11.6 Å². The quantitative estimate of drug-likeness (QED) is 0.725. The van der Waals surface area contributed by atoms with Crippen LogP contribution in [0.2, 0.25) is 5.15 Å². The van der Waals surface area contributed by atoms with Crippen molar-refractivity contribution in [3.05, 3.63) is 52.1 Å². The van der Waals surface area contributed by atoms with Gasteiger partial charge in [-0.2, -0.15) is 5.10 Å². The highest BCUT2D eigenvalue weighted by molar-refractivity contribution is 6.31. The highest BCUT2D eigenvalue weighted by Crippen LogP contribution is 2.22. The van der Waals surface area contributed by atoms with Crippen LogP contribution < -0.4 is 11.1 Å². The number of pyridine rings is 1. The van der Waals surface area contributed by atoms with Crippen molar-refractivity contribution in [2.45, 2.75) is 33.9 Å². The molecule has 7 nitrogen and oxygen atoms in total. The fraction of sp³-hybridized carbons (Fsp3) is 0.333. The third-order valence-corrected chi connectivity index (χ3v) is 3.99. The predicted octanol–water partition coefficient (Wildman–Crippen LogP) is 2.32. The van der Waals surface area contributed by atoms with Gasteiger partial charge < -0.3 is 11.1 Å². The van der Waals surface area contributed by atoms with E-state index in [0.29, 0.717) is 17.6 Å². The second-order valence-electron chi connectivity index (χ2n) is 6.33. The van der Waals surface area contributed by atoms with Crippen LogP contribution in [0.3, 0.4) is 0 Å². The van der Waals surface area contributed by atoms with E-state index in [1.807, 2.05) is 6.92 Å². The van der Waals surface area contributed by atoms with Crippen LogP contribution in [0.1, 0.15) is 41.2 Å². The third-order valence-electron chi connectivity index (χ3n) is 3.59.